The van der Waals surface area contributed by atoms with Crippen LogP contribution >= 0.6 is 8.09 Å². The second kappa shape index (κ2) is 9.51. The zero-order valence-corrected chi connectivity index (χ0v) is 17.3. The maximum absolute atomic E-state index is 11.7. The van der Waals surface area contributed by atoms with Crippen LogP contribution in [0.15, 0.2) is 17.1 Å². The zero-order chi connectivity index (χ0) is 15.8. The third-order valence-corrected chi connectivity index (χ3v) is 3.38. The van der Waals surface area contributed by atoms with Crippen molar-refractivity contribution in [3.63, 3.8) is 0 Å². The molecule has 1 aliphatic heterocycles. The summed E-state index contributed by atoms with van der Waals surface area (Å²) in [5.41, 5.74) is -1.01. The number of hydrogen-bond acceptors (Lipinski definition) is 10. The number of aromatic nitrogens is 2. The van der Waals surface area contributed by atoms with Gasteiger partial charge in [-0.05, 0) is 0 Å². The largest absolute Gasteiger partial charge is 1.00 e. The van der Waals surface area contributed by atoms with Crippen molar-refractivity contribution in [3.8, 4) is 0 Å². The fourth-order valence-corrected chi connectivity index (χ4v) is 2.32. The van der Waals surface area contributed by atoms with E-state index in [0.717, 1.165) is 16.8 Å². The van der Waals surface area contributed by atoms with E-state index in [1.807, 2.05) is 0 Å². The van der Waals surface area contributed by atoms with Gasteiger partial charge >= 0.3 is 64.8 Å². The maximum Gasteiger partial charge on any atom is 1.00 e. The summed E-state index contributed by atoms with van der Waals surface area (Å²) < 4.78 is 5.92. The Morgan fingerprint density at radius 1 is 1.30 bits per heavy atom. The molecule has 0 unspecified atom stereocenters. The minimum atomic E-state index is -5.10. The van der Waals surface area contributed by atoms with Crippen molar-refractivity contribution >= 4 is 13.9 Å². The van der Waals surface area contributed by atoms with Gasteiger partial charge in [0.25, 0.3) is 0 Å². The minimum Gasteiger partial charge on any atom is -0.669 e. The molecule has 0 radical (unpaired) electrons. The predicted molar refractivity (Wildman–Crippen MR) is 62.0 cm³/mol. The van der Waals surface area contributed by atoms with Crippen LogP contribution in [-0.4, -0.2) is 49.8 Å². The van der Waals surface area contributed by atoms with Crippen LogP contribution in [0.3, 0.4) is 0 Å². The third-order valence-electron chi connectivity index (χ3n) is 2.87. The molecule has 4 N–H and O–H groups in total. The summed E-state index contributed by atoms with van der Waals surface area (Å²) in [6.07, 6.45) is -4.21. The van der Waals surface area contributed by atoms with Crippen LogP contribution in [0.1, 0.15) is 6.23 Å². The molecule has 0 saturated carbocycles. The molecule has 1 aromatic heterocycles. The van der Waals surface area contributed by atoms with Gasteiger partial charge in [0, 0.05) is 12.3 Å². The van der Waals surface area contributed by atoms with Crippen molar-refractivity contribution in [2.24, 2.45) is 0 Å². The van der Waals surface area contributed by atoms with E-state index in [0.29, 0.717) is 0 Å². The number of ether oxygens (including phenoxy) is 1. The van der Waals surface area contributed by atoms with Crippen molar-refractivity contribution in [1.29, 1.82) is 0 Å². The Labute approximate surface area is 175 Å². The van der Waals surface area contributed by atoms with E-state index in [1.54, 1.807) is 0 Å². The van der Waals surface area contributed by atoms with Gasteiger partial charge in [0.1, 0.15) is 18.3 Å². The molecule has 0 spiro atoms. The molecular weight excluding hydrogens is 355 g/mol. The molecule has 1 fully saturated rings. The standard InChI is InChI=1S/C9H14N3O8P.2Na/c13-3-4-6(14)7(15)8(20-4)12-2-1-5(10-9(12)16)11-21(17,18)19;;/h1-2,4,6-8,13-15H,3H2,(H3,10,11,16,17,18,19);;/q;2*+1/p-2/t4-,6-,7-,8-;;/m1../s1. The molecule has 14 heteroatoms. The maximum atomic E-state index is 11.7. The first-order valence-corrected chi connectivity index (χ1v) is 7.29. The fourth-order valence-electron chi connectivity index (χ4n) is 1.92. The minimum absolute atomic E-state index is 0. The topological polar surface area (TPSA) is 186 Å². The predicted octanol–water partition coefficient (Wildman–Crippen LogP) is -11.0. The van der Waals surface area contributed by atoms with Crippen LogP contribution in [0.5, 0.6) is 0 Å². The first kappa shape index (κ1) is 23.8. The zero-order valence-electron chi connectivity index (χ0n) is 12.4. The normalized spacial score (nSPS) is 27.0. The molecule has 0 amide bonds. The van der Waals surface area contributed by atoms with Gasteiger partial charge in [-0.2, -0.15) is 4.98 Å². The van der Waals surface area contributed by atoms with Crippen LogP contribution in [0, 0.1) is 0 Å². The van der Waals surface area contributed by atoms with Crippen molar-refractivity contribution in [2.75, 3.05) is 11.7 Å². The van der Waals surface area contributed by atoms with E-state index in [9.17, 15) is 29.7 Å². The summed E-state index contributed by atoms with van der Waals surface area (Å²) in [5, 5.41) is 29.8. The van der Waals surface area contributed by atoms with E-state index >= 15 is 0 Å². The van der Waals surface area contributed by atoms with Crippen LogP contribution in [0.2, 0.25) is 0 Å². The molecular formula is C9H12N3Na2O8P. The number of rotatable bonds is 4. The van der Waals surface area contributed by atoms with E-state index in [4.69, 9.17) is 9.84 Å². The Morgan fingerprint density at radius 2 is 1.91 bits per heavy atom. The summed E-state index contributed by atoms with van der Waals surface area (Å²) in [7, 11) is -5.10. The number of anilines is 1. The third kappa shape index (κ3) is 5.94. The molecule has 0 bridgehead atoms. The molecule has 0 aliphatic carbocycles. The number of nitrogens with one attached hydrogen (secondary N) is 1. The second-order valence-electron chi connectivity index (χ2n) is 4.34. The average Bonchev–Trinajstić information content (AvgIpc) is 2.65. The molecule has 4 atom stereocenters. The Bertz CT molecular complexity index is 570. The van der Waals surface area contributed by atoms with Gasteiger partial charge in [0.05, 0.1) is 6.61 Å². The summed E-state index contributed by atoms with van der Waals surface area (Å²) in [6.45, 7) is -0.563. The van der Waals surface area contributed by atoms with Gasteiger partial charge in [-0.25, -0.2) is 4.79 Å². The van der Waals surface area contributed by atoms with Crippen LogP contribution in [0.25, 0.3) is 0 Å². The summed E-state index contributed by atoms with van der Waals surface area (Å²) >= 11 is 0. The molecule has 1 aromatic rings. The van der Waals surface area contributed by atoms with Crippen LogP contribution < -0.4 is 84.6 Å². The molecule has 1 aliphatic rings. The van der Waals surface area contributed by atoms with Crippen molar-refractivity contribution in [2.45, 2.75) is 24.5 Å². The Balaban J connectivity index is 0.00000242. The Kier molecular flexibility index (Phi) is 9.85. The number of aliphatic hydroxyl groups is 3. The molecule has 11 nitrogen and oxygen atoms in total. The van der Waals surface area contributed by atoms with Gasteiger partial charge in [-0.3, -0.25) is 9.65 Å². The Morgan fingerprint density at radius 3 is 2.35 bits per heavy atom. The van der Waals surface area contributed by atoms with Crippen molar-refractivity contribution in [3.05, 3.63) is 22.7 Å². The summed E-state index contributed by atoms with van der Waals surface area (Å²) in [5.74, 6) is -0.476. The molecule has 2 rings (SSSR count). The fraction of sp³-hybridized carbons (Fsp3) is 0.556. The van der Waals surface area contributed by atoms with E-state index in [1.165, 1.54) is 5.09 Å². The average molecular weight is 367 g/mol. The van der Waals surface area contributed by atoms with Crippen molar-refractivity contribution in [1.82, 2.24) is 9.55 Å². The second-order valence-corrected chi connectivity index (χ2v) is 5.56. The molecule has 0 aromatic carbocycles. The quantitative estimate of drug-likeness (QED) is 0.294. The summed E-state index contributed by atoms with van der Waals surface area (Å²) in [6, 6.07) is 1.01. The van der Waals surface area contributed by atoms with Crippen molar-refractivity contribution < 1.29 is 93.9 Å². The number of hydrogen-bond donors (Lipinski definition) is 4. The monoisotopic (exact) mass is 367 g/mol. The first-order valence-electron chi connectivity index (χ1n) is 5.75. The molecule has 1 saturated heterocycles. The van der Waals surface area contributed by atoms with Crippen LogP contribution in [0.4, 0.5) is 5.82 Å². The van der Waals surface area contributed by atoms with Gasteiger partial charge in [0.15, 0.2) is 12.0 Å². The molecule has 23 heavy (non-hydrogen) atoms. The number of nitrogens with zero attached hydrogens (tertiary/aromatic N) is 2. The van der Waals surface area contributed by atoms with Crippen LogP contribution in [-0.2, 0) is 4.74 Å². The van der Waals surface area contributed by atoms with Gasteiger partial charge in [-0.1, -0.05) is 8.09 Å². The number of aliphatic hydroxyl groups excluding tert-OH is 3. The Hall–Kier alpha value is 0.830. The van der Waals surface area contributed by atoms with Gasteiger partial charge in [-0.15, -0.1) is 0 Å². The molecule has 2 heterocycles. The SMILES string of the molecule is O=c1nc(N[P+]([O-])([O-])[O-])ccn1[C@@H]1O[C@H](CO)[C@@H](O)[C@H]1O.[Na+].[Na+]. The smallest absolute Gasteiger partial charge is 0.669 e. The summed E-state index contributed by atoms with van der Waals surface area (Å²) in [4.78, 5) is 46.6. The van der Waals surface area contributed by atoms with Gasteiger partial charge in [0.2, 0.25) is 0 Å². The van der Waals surface area contributed by atoms with E-state index in [-0.39, 0.29) is 59.1 Å². The first-order chi connectivity index (χ1) is 9.73. The van der Waals surface area contributed by atoms with E-state index in [2.05, 4.69) is 4.98 Å². The van der Waals surface area contributed by atoms with E-state index < -0.39 is 50.7 Å². The molecule has 118 valence electrons. The van der Waals surface area contributed by atoms with Gasteiger partial charge < -0.3 is 34.7 Å².